The first kappa shape index (κ1) is 19.8. The number of rotatable bonds is 5. The van der Waals surface area contributed by atoms with Gasteiger partial charge in [0, 0.05) is 36.1 Å². The van der Waals surface area contributed by atoms with Crippen molar-refractivity contribution in [3.05, 3.63) is 42.0 Å². The van der Waals surface area contributed by atoms with Gasteiger partial charge in [0.2, 0.25) is 0 Å². The summed E-state index contributed by atoms with van der Waals surface area (Å²) in [6.45, 7) is 0.917. The Morgan fingerprint density at radius 2 is 1.96 bits per heavy atom. The summed E-state index contributed by atoms with van der Waals surface area (Å²) in [5.41, 5.74) is 1.45. The predicted octanol–water partition coefficient (Wildman–Crippen LogP) is 2.94. The number of hydrogen-bond acceptors (Lipinski definition) is 4. The van der Waals surface area contributed by atoms with Crippen LogP contribution < -0.4 is 5.32 Å². The Balaban J connectivity index is 0.000000307. The third kappa shape index (κ3) is 7.86. The number of carboxylic acids is 2. The maximum atomic E-state index is 9.55. The Bertz CT molecular complexity index is 606. The zero-order valence-corrected chi connectivity index (χ0v) is 14.1. The fraction of sp³-hybridized carbons (Fsp3) is 0.333. The number of nitrogens with one attached hydrogen (secondary N) is 1. The maximum Gasteiger partial charge on any atom is 0.328 e. The summed E-state index contributed by atoms with van der Waals surface area (Å²) in [6.07, 6.45) is 9.69. The summed E-state index contributed by atoms with van der Waals surface area (Å²) in [5, 5.41) is 19.2. The van der Waals surface area contributed by atoms with Crippen LogP contribution in [0.25, 0.3) is 0 Å². The van der Waals surface area contributed by atoms with Gasteiger partial charge in [0.1, 0.15) is 0 Å². The zero-order chi connectivity index (χ0) is 17.8. The van der Waals surface area contributed by atoms with Crippen LogP contribution in [-0.4, -0.2) is 34.4 Å². The van der Waals surface area contributed by atoms with Crippen molar-refractivity contribution in [2.45, 2.75) is 30.2 Å². The van der Waals surface area contributed by atoms with Crippen LogP contribution in [0.4, 0.5) is 0 Å². The molecule has 1 aromatic carbocycles. The van der Waals surface area contributed by atoms with Crippen LogP contribution in [0.2, 0.25) is 0 Å². The molecule has 0 bridgehead atoms. The molecule has 0 aliphatic carbocycles. The average molecular weight is 347 g/mol. The third-order valence-electron chi connectivity index (χ3n) is 3.22. The first-order valence-corrected chi connectivity index (χ1v) is 8.55. The monoisotopic (exact) mass is 347 g/mol. The number of hydrogen-bond donors (Lipinski definition) is 3. The summed E-state index contributed by atoms with van der Waals surface area (Å²) in [7, 11) is 0. The summed E-state index contributed by atoms with van der Waals surface area (Å²) < 4.78 is 0. The van der Waals surface area contributed by atoms with Crippen LogP contribution in [0, 0.1) is 12.3 Å². The van der Waals surface area contributed by atoms with Gasteiger partial charge in [0.25, 0.3) is 0 Å². The molecule has 1 aliphatic heterocycles. The molecule has 1 aromatic rings. The molecular formula is C18H21NO4S. The van der Waals surface area contributed by atoms with Crippen molar-refractivity contribution < 1.29 is 19.8 Å². The molecular weight excluding hydrogens is 326 g/mol. The summed E-state index contributed by atoms with van der Waals surface area (Å²) >= 11 is 1.97. The van der Waals surface area contributed by atoms with E-state index in [4.69, 9.17) is 16.6 Å². The lowest BCUT2D eigenvalue weighted by molar-refractivity contribution is -0.134. The fourth-order valence-electron chi connectivity index (χ4n) is 2.20. The number of terminal acetylenes is 1. The standard InChI is InChI=1S/C14H17NS.C4H4O4/c1-2-3-10-15-13-8-6-11-16-14-9-5-4-7-12(13)14;5-3(6)1-2-4(7)8/h1,4-5,7,9,13,15H,3,6,8,10-11H2;1-2H,(H,5,6)(H,7,8)/b;2-1-. The van der Waals surface area contributed by atoms with Gasteiger partial charge in [-0.05, 0) is 30.2 Å². The van der Waals surface area contributed by atoms with Gasteiger partial charge >= 0.3 is 11.9 Å². The van der Waals surface area contributed by atoms with Crippen LogP contribution in [0.5, 0.6) is 0 Å². The highest BCUT2D eigenvalue weighted by Gasteiger charge is 2.17. The minimum Gasteiger partial charge on any atom is -0.478 e. The second-order valence-corrected chi connectivity index (χ2v) is 6.14. The van der Waals surface area contributed by atoms with Crippen molar-refractivity contribution in [3.8, 4) is 12.3 Å². The van der Waals surface area contributed by atoms with Crippen LogP contribution in [0.3, 0.4) is 0 Å². The molecule has 0 saturated carbocycles. The highest BCUT2D eigenvalue weighted by Crippen LogP contribution is 2.34. The van der Waals surface area contributed by atoms with Gasteiger partial charge in [0.05, 0.1) is 0 Å². The van der Waals surface area contributed by atoms with Gasteiger partial charge in [-0.25, -0.2) is 9.59 Å². The molecule has 0 amide bonds. The van der Waals surface area contributed by atoms with Gasteiger partial charge < -0.3 is 15.5 Å². The molecule has 5 nitrogen and oxygen atoms in total. The number of carbonyl (C=O) groups is 2. The van der Waals surface area contributed by atoms with E-state index >= 15 is 0 Å². The highest BCUT2D eigenvalue weighted by atomic mass is 32.2. The normalized spacial score (nSPS) is 16.2. The number of benzene rings is 1. The van der Waals surface area contributed by atoms with Crippen LogP contribution in [0.15, 0.2) is 41.3 Å². The molecule has 0 saturated heterocycles. The number of aliphatic carboxylic acids is 2. The molecule has 1 unspecified atom stereocenters. The Labute approximate surface area is 146 Å². The third-order valence-corrected chi connectivity index (χ3v) is 4.39. The predicted molar refractivity (Wildman–Crippen MR) is 95.0 cm³/mol. The van der Waals surface area contributed by atoms with Crippen LogP contribution in [-0.2, 0) is 9.59 Å². The van der Waals surface area contributed by atoms with E-state index in [9.17, 15) is 9.59 Å². The van der Waals surface area contributed by atoms with Gasteiger partial charge in [-0.1, -0.05) is 18.2 Å². The van der Waals surface area contributed by atoms with Gasteiger partial charge in [0.15, 0.2) is 0 Å². The molecule has 1 heterocycles. The maximum absolute atomic E-state index is 9.55. The average Bonchev–Trinajstić information content (AvgIpc) is 2.76. The van der Waals surface area contributed by atoms with Crippen molar-refractivity contribution >= 4 is 23.7 Å². The SMILES string of the molecule is C#CCCNC1CCCSc2ccccc21.O=C(O)/C=C\C(=O)O. The molecule has 1 atom stereocenters. The Hall–Kier alpha value is -2.23. The van der Waals surface area contributed by atoms with E-state index in [2.05, 4.69) is 35.5 Å². The van der Waals surface area contributed by atoms with Crippen molar-refractivity contribution in [1.29, 1.82) is 0 Å². The lowest BCUT2D eigenvalue weighted by atomic mass is 10.0. The lowest BCUT2D eigenvalue weighted by Gasteiger charge is -2.18. The first-order chi connectivity index (χ1) is 11.5. The molecule has 2 rings (SSSR count). The summed E-state index contributed by atoms with van der Waals surface area (Å²) in [5.74, 6) is 1.39. The van der Waals surface area contributed by atoms with Gasteiger partial charge in [-0.2, -0.15) is 0 Å². The van der Waals surface area contributed by atoms with E-state index in [-0.39, 0.29) is 0 Å². The van der Waals surface area contributed by atoms with Crippen LogP contribution in [0.1, 0.15) is 30.9 Å². The summed E-state index contributed by atoms with van der Waals surface area (Å²) in [6, 6.07) is 9.19. The molecule has 6 heteroatoms. The van der Waals surface area contributed by atoms with Crippen LogP contribution >= 0.6 is 11.8 Å². The molecule has 128 valence electrons. The van der Waals surface area contributed by atoms with Crippen molar-refractivity contribution in [2.75, 3.05) is 12.3 Å². The van der Waals surface area contributed by atoms with E-state index in [1.807, 2.05) is 11.8 Å². The molecule has 0 aromatic heterocycles. The number of fused-ring (bicyclic) bond motifs is 1. The minimum atomic E-state index is -1.26. The number of thioether (sulfide) groups is 1. The molecule has 24 heavy (non-hydrogen) atoms. The Morgan fingerprint density at radius 3 is 2.58 bits per heavy atom. The smallest absolute Gasteiger partial charge is 0.328 e. The second-order valence-electron chi connectivity index (χ2n) is 5.00. The van der Waals surface area contributed by atoms with E-state index in [1.54, 1.807) is 0 Å². The minimum absolute atomic E-state index is 0.486. The summed E-state index contributed by atoms with van der Waals surface area (Å²) in [4.78, 5) is 20.5. The quantitative estimate of drug-likeness (QED) is 0.431. The molecule has 0 fully saturated rings. The highest BCUT2D eigenvalue weighted by molar-refractivity contribution is 7.99. The van der Waals surface area contributed by atoms with E-state index < -0.39 is 11.9 Å². The van der Waals surface area contributed by atoms with E-state index in [1.165, 1.54) is 29.1 Å². The first-order valence-electron chi connectivity index (χ1n) is 7.57. The lowest BCUT2D eigenvalue weighted by Crippen LogP contribution is -2.22. The Kier molecular flexibility index (Phi) is 9.35. The fourth-order valence-corrected chi connectivity index (χ4v) is 3.28. The topological polar surface area (TPSA) is 86.6 Å². The largest absolute Gasteiger partial charge is 0.478 e. The van der Waals surface area contributed by atoms with E-state index in [0.29, 0.717) is 18.2 Å². The number of carboxylic acid groups (broad SMARTS) is 2. The molecule has 0 spiro atoms. The van der Waals surface area contributed by atoms with Crippen molar-refractivity contribution in [2.24, 2.45) is 0 Å². The van der Waals surface area contributed by atoms with Gasteiger partial charge in [-0.15, -0.1) is 24.1 Å². The van der Waals surface area contributed by atoms with Gasteiger partial charge in [-0.3, -0.25) is 0 Å². The van der Waals surface area contributed by atoms with E-state index in [0.717, 1.165) is 13.0 Å². The van der Waals surface area contributed by atoms with Crippen molar-refractivity contribution in [1.82, 2.24) is 5.32 Å². The van der Waals surface area contributed by atoms with Crippen molar-refractivity contribution in [3.63, 3.8) is 0 Å². The molecule has 0 radical (unpaired) electrons. The molecule has 3 N–H and O–H groups in total. The zero-order valence-electron chi connectivity index (χ0n) is 13.3. The second kappa shape index (κ2) is 11.3. The Morgan fingerprint density at radius 1 is 1.29 bits per heavy atom. The molecule has 1 aliphatic rings.